The molecule has 1 aromatic rings. The molecule has 1 aromatic carbocycles. The maximum atomic E-state index is 5.76. The monoisotopic (exact) mass is 251 g/mol. The van der Waals surface area contributed by atoms with Crippen molar-refractivity contribution in [1.82, 2.24) is 5.32 Å². The Morgan fingerprint density at radius 3 is 2.88 bits per heavy atom. The van der Waals surface area contributed by atoms with Crippen LogP contribution in [0.2, 0.25) is 0 Å². The SMILES string of the molecule is CCCNC(N)=NCc1ccc(C)cc1SC. The standard InChI is InChI=1S/C13H21N3S/c1-4-7-15-13(14)16-9-11-6-5-10(2)8-12(11)17-3/h5-6,8H,4,7,9H2,1-3H3,(H3,14,15,16). The Morgan fingerprint density at radius 2 is 2.24 bits per heavy atom. The van der Waals surface area contributed by atoms with Crippen molar-refractivity contribution in [2.45, 2.75) is 31.7 Å². The Balaban J connectivity index is 2.68. The smallest absolute Gasteiger partial charge is 0.188 e. The molecule has 0 aliphatic rings. The quantitative estimate of drug-likeness (QED) is 0.480. The largest absolute Gasteiger partial charge is 0.370 e. The van der Waals surface area contributed by atoms with Crippen LogP contribution in [0.25, 0.3) is 0 Å². The number of hydrogen-bond donors (Lipinski definition) is 2. The highest BCUT2D eigenvalue weighted by molar-refractivity contribution is 7.98. The van der Waals surface area contributed by atoms with Crippen LogP contribution in [0.1, 0.15) is 24.5 Å². The van der Waals surface area contributed by atoms with Gasteiger partial charge in [-0.1, -0.05) is 19.1 Å². The second-order valence-electron chi connectivity index (χ2n) is 3.94. The molecule has 0 bridgehead atoms. The summed E-state index contributed by atoms with van der Waals surface area (Å²) in [6.07, 6.45) is 3.14. The highest BCUT2D eigenvalue weighted by Crippen LogP contribution is 2.22. The Bertz CT molecular complexity index is 388. The van der Waals surface area contributed by atoms with Gasteiger partial charge in [0.25, 0.3) is 0 Å². The van der Waals surface area contributed by atoms with E-state index in [2.05, 4.69) is 48.6 Å². The van der Waals surface area contributed by atoms with E-state index >= 15 is 0 Å². The van der Waals surface area contributed by atoms with Gasteiger partial charge in [0.1, 0.15) is 0 Å². The van der Waals surface area contributed by atoms with Crippen LogP contribution in [-0.4, -0.2) is 18.8 Å². The molecule has 0 spiro atoms. The molecule has 0 saturated heterocycles. The molecule has 4 heteroatoms. The van der Waals surface area contributed by atoms with E-state index in [-0.39, 0.29) is 0 Å². The average Bonchev–Trinajstić information content (AvgIpc) is 2.34. The lowest BCUT2D eigenvalue weighted by Crippen LogP contribution is -2.32. The lowest BCUT2D eigenvalue weighted by atomic mass is 10.1. The normalized spacial score (nSPS) is 11.6. The van der Waals surface area contributed by atoms with Crippen LogP contribution >= 0.6 is 11.8 Å². The number of guanidine groups is 1. The van der Waals surface area contributed by atoms with Crippen LogP contribution < -0.4 is 11.1 Å². The minimum atomic E-state index is 0.527. The molecule has 0 atom stereocenters. The fourth-order valence-electron chi connectivity index (χ4n) is 1.46. The van der Waals surface area contributed by atoms with E-state index in [1.165, 1.54) is 16.0 Å². The summed E-state index contributed by atoms with van der Waals surface area (Å²) in [5.74, 6) is 0.527. The summed E-state index contributed by atoms with van der Waals surface area (Å²) in [4.78, 5) is 5.62. The van der Waals surface area contributed by atoms with Crippen molar-refractivity contribution in [1.29, 1.82) is 0 Å². The van der Waals surface area contributed by atoms with Crippen LogP contribution in [0.5, 0.6) is 0 Å². The van der Waals surface area contributed by atoms with Gasteiger partial charge in [-0.05, 0) is 36.8 Å². The molecule has 1 rings (SSSR count). The highest BCUT2D eigenvalue weighted by Gasteiger charge is 2.01. The maximum absolute atomic E-state index is 5.76. The zero-order valence-electron chi connectivity index (χ0n) is 10.8. The second kappa shape index (κ2) is 7.22. The van der Waals surface area contributed by atoms with Crippen molar-refractivity contribution < 1.29 is 0 Å². The summed E-state index contributed by atoms with van der Waals surface area (Å²) in [6.45, 7) is 5.72. The van der Waals surface area contributed by atoms with E-state index in [9.17, 15) is 0 Å². The molecule has 17 heavy (non-hydrogen) atoms. The minimum Gasteiger partial charge on any atom is -0.370 e. The van der Waals surface area contributed by atoms with Gasteiger partial charge in [-0.3, -0.25) is 0 Å². The molecular weight excluding hydrogens is 230 g/mol. The molecule has 0 amide bonds. The third-order valence-electron chi connectivity index (χ3n) is 2.42. The van der Waals surface area contributed by atoms with E-state index in [1.807, 2.05) is 0 Å². The Labute approximate surface area is 108 Å². The molecule has 0 aliphatic heterocycles. The Hall–Kier alpha value is -1.16. The molecular formula is C13H21N3S. The van der Waals surface area contributed by atoms with E-state index in [4.69, 9.17) is 5.73 Å². The van der Waals surface area contributed by atoms with Gasteiger partial charge < -0.3 is 11.1 Å². The number of hydrogen-bond acceptors (Lipinski definition) is 2. The first kappa shape index (κ1) is 13.9. The molecule has 0 aliphatic carbocycles. The molecule has 3 nitrogen and oxygen atoms in total. The predicted molar refractivity (Wildman–Crippen MR) is 76.6 cm³/mol. The van der Waals surface area contributed by atoms with Gasteiger partial charge in [0.05, 0.1) is 6.54 Å². The fraction of sp³-hybridized carbons (Fsp3) is 0.462. The van der Waals surface area contributed by atoms with Crippen LogP contribution in [0, 0.1) is 6.92 Å². The minimum absolute atomic E-state index is 0.527. The first-order chi connectivity index (χ1) is 8.17. The van der Waals surface area contributed by atoms with Crippen molar-refractivity contribution in [3.8, 4) is 0 Å². The molecule has 0 fully saturated rings. The zero-order valence-corrected chi connectivity index (χ0v) is 11.6. The molecule has 0 unspecified atom stereocenters. The molecule has 0 heterocycles. The number of nitrogens with one attached hydrogen (secondary N) is 1. The van der Waals surface area contributed by atoms with Gasteiger partial charge >= 0.3 is 0 Å². The van der Waals surface area contributed by atoms with Crippen LogP contribution in [0.15, 0.2) is 28.1 Å². The summed E-state index contributed by atoms with van der Waals surface area (Å²) >= 11 is 1.75. The van der Waals surface area contributed by atoms with Crippen molar-refractivity contribution in [2.75, 3.05) is 12.8 Å². The third kappa shape index (κ3) is 4.69. The summed E-state index contributed by atoms with van der Waals surface area (Å²) in [5, 5.41) is 3.07. The van der Waals surface area contributed by atoms with E-state index in [0.717, 1.165) is 13.0 Å². The second-order valence-corrected chi connectivity index (χ2v) is 4.79. The van der Waals surface area contributed by atoms with E-state index in [0.29, 0.717) is 12.5 Å². The number of aliphatic imine (C=N–C) groups is 1. The van der Waals surface area contributed by atoms with Gasteiger partial charge in [0.15, 0.2) is 5.96 Å². The maximum Gasteiger partial charge on any atom is 0.188 e. The summed E-state index contributed by atoms with van der Waals surface area (Å²) in [7, 11) is 0. The summed E-state index contributed by atoms with van der Waals surface area (Å²) in [6, 6.07) is 6.42. The number of benzene rings is 1. The molecule has 3 N–H and O–H groups in total. The van der Waals surface area contributed by atoms with Crippen LogP contribution in [0.3, 0.4) is 0 Å². The number of nitrogens with zero attached hydrogens (tertiary/aromatic N) is 1. The molecule has 0 radical (unpaired) electrons. The molecule has 94 valence electrons. The number of aryl methyl sites for hydroxylation is 1. The van der Waals surface area contributed by atoms with Crippen molar-refractivity contribution in [2.24, 2.45) is 10.7 Å². The lowest BCUT2D eigenvalue weighted by molar-refractivity contribution is 0.824. The predicted octanol–water partition coefficient (Wildman–Crippen LogP) is 2.53. The first-order valence-corrected chi connectivity index (χ1v) is 7.07. The first-order valence-electron chi connectivity index (χ1n) is 5.84. The Morgan fingerprint density at radius 1 is 1.47 bits per heavy atom. The van der Waals surface area contributed by atoms with Crippen LogP contribution in [0.4, 0.5) is 0 Å². The van der Waals surface area contributed by atoms with Crippen molar-refractivity contribution in [3.05, 3.63) is 29.3 Å². The van der Waals surface area contributed by atoms with E-state index in [1.54, 1.807) is 11.8 Å². The lowest BCUT2D eigenvalue weighted by Gasteiger charge is -2.07. The summed E-state index contributed by atoms with van der Waals surface area (Å²) < 4.78 is 0. The fourth-order valence-corrected chi connectivity index (χ4v) is 2.16. The number of nitrogens with two attached hydrogens (primary N) is 1. The van der Waals surface area contributed by atoms with Crippen LogP contribution in [-0.2, 0) is 6.54 Å². The van der Waals surface area contributed by atoms with Crippen molar-refractivity contribution in [3.63, 3.8) is 0 Å². The van der Waals surface area contributed by atoms with Gasteiger partial charge in [0.2, 0.25) is 0 Å². The van der Waals surface area contributed by atoms with Gasteiger partial charge in [-0.2, -0.15) is 0 Å². The topological polar surface area (TPSA) is 50.4 Å². The Kier molecular flexibility index (Phi) is 5.91. The number of thioether (sulfide) groups is 1. The molecule has 0 aromatic heterocycles. The highest BCUT2D eigenvalue weighted by atomic mass is 32.2. The average molecular weight is 251 g/mol. The van der Waals surface area contributed by atoms with Gasteiger partial charge in [0, 0.05) is 11.4 Å². The third-order valence-corrected chi connectivity index (χ3v) is 3.24. The van der Waals surface area contributed by atoms with Crippen molar-refractivity contribution >= 4 is 17.7 Å². The zero-order chi connectivity index (χ0) is 12.7. The van der Waals surface area contributed by atoms with Gasteiger partial charge in [-0.15, -0.1) is 11.8 Å². The summed E-state index contributed by atoms with van der Waals surface area (Å²) in [5.41, 5.74) is 8.26. The van der Waals surface area contributed by atoms with E-state index < -0.39 is 0 Å². The number of rotatable bonds is 5. The van der Waals surface area contributed by atoms with Gasteiger partial charge in [-0.25, -0.2) is 4.99 Å². The molecule has 0 saturated carbocycles.